The molecule has 2 N–H and O–H groups in total. The van der Waals surface area contributed by atoms with Crippen LogP contribution in [0.3, 0.4) is 0 Å². The minimum atomic E-state index is -1.02. The molecule has 5 heteroatoms. The molecule has 1 aromatic carbocycles. The average molecular weight is 250 g/mol. The maximum atomic E-state index is 11.8. The van der Waals surface area contributed by atoms with E-state index in [1.54, 1.807) is 13.0 Å². The van der Waals surface area contributed by atoms with Crippen LogP contribution < -0.4 is 5.32 Å². The van der Waals surface area contributed by atoms with Gasteiger partial charge in [0.2, 0.25) is 0 Å². The molecular formula is C13H18N2O3. The fourth-order valence-electron chi connectivity index (χ4n) is 1.56. The number of aliphatic carboxylic acids is 1. The van der Waals surface area contributed by atoms with Gasteiger partial charge in [0.05, 0.1) is 0 Å². The topological polar surface area (TPSA) is 69.6 Å². The number of aryl methyl sites for hydroxylation is 1. The lowest BCUT2D eigenvalue weighted by Crippen LogP contribution is -2.38. The van der Waals surface area contributed by atoms with E-state index in [0.717, 1.165) is 12.0 Å². The molecule has 1 rings (SSSR count). The molecule has 0 atom stereocenters. The summed E-state index contributed by atoms with van der Waals surface area (Å²) >= 11 is 0. The van der Waals surface area contributed by atoms with Crippen LogP contribution >= 0.6 is 0 Å². The molecule has 98 valence electrons. The van der Waals surface area contributed by atoms with Crippen molar-refractivity contribution < 1.29 is 14.7 Å². The maximum absolute atomic E-state index is 11.8. The molecule has 0 aromatic heterocycles. The number of anilines is 1. The Labute approximate surface area is 106 Å². The Balaban J connectivity index is 2.69. The molecule has 0 saturated heterocycles. The molecule has 0 spiro atoms. The summed E-state index contributed by atoms with van der Waals surface area (Å²) in [5, 5.41) is 11.4. The van der Waals surface area contributed by atoms with Gasteiger partial charge in [0.1, 0.15) is 6.54 Å². The van der Waals surface area contributed by atoms with E-state index in [1.165, 1.54) is 4.90 Å². The predicted octanol–water partition coefficient (Wildman–Crippen LogP) is 2.19. The first-order valence-electron chi connectivity index (χ1n) is 5.93. The van der Waals surface area contributed by atoms with Crippen molar-refractivity contribution in [1.82, 2.24) is 4.90 Å². The molecule has 0 aliphatic rings. The largest absolute Gasteiger partial charge is 0.480 e. The summed E-state index contributed by atoms with van der Waals surface area (Å²) < 4.78 is 0. The highest BCUT2D eigenvalue weighted by Gasteiger charge is 2.14. The van der Waals surface area contributed by atoms with Gasteiger partial charge in [-0.1, -0.05) is 19.1 Å². The number of nitrogens with one attached hydrogen (secondary N) is 1. The number of hydrogen-bond donors (Lipinski definition) is 2. The van der Waals surface area contributed by atoms with E-state index >= 15 is 0 Å². The fraction of sp³-hybridized carbons (Fsp3) is 0.385. The second kappa shape index (κ2) is 6.64. The summed E-state index contributed by atoms with van der Waals surface area (Å²) in [4.78, 5) is 23.7. The highest BCUT2D eigenvalue weighted by atomic mass is 16.4. The number of nitrogens with zero attached hydrogens (tertiary/aromatic N) is 1. The van der Waals surface area contributed by atoms with Crippen LogP contribution in [-0.2, 0) is 11.2 Å². The van der Waals surface area contributed by atoms with Crippen molar-refractivity contribution in [2.45, 2.75) is 20.3 Å². The Morgan fingerprint density at radius 2 is 2.06 bits per heavy atom. The van der Waals surface area contributed by atoms with Crippen LogP contribution in [0, 0.1) is 0 Å². The van der Waals surface area contributed by atoms with Gasteiger partial charge in [0.15, 0.2) is 0 Å². The van der Waals surface area contributed by atoms with E-state index in [2.05, 4.69) is 5.32 Å². The Hall–Kier alpha value is -2.04. The fourth-order valence-corrected chi connectivity index (χ4v) is 1.56. The van der Waals surface area contributed by atoms with Gasteiger partial charge in [-0.15, -0.1) is 0 Å². The number of carboxylic acid groups (broad SMARTS) is 1. The first-order chi connectivity index (χ1) is 8.56. The maximum Gasteiger partial charge on any atom is 0.323 e. The Morgan fingerprint density at radius 3 is 2.61 bits per heavy atom. The summed E-state index contributed by atoms with van der Waals surface area (Å²) in [6, 6.07) is 7.11. The second-order valence-electron chi connectivity index (χ2n) is 3.89. The summed E-state index contributed by atoms with van der Waals surface area (Å²) in [7, 11) is 0. The van der Waals surface area contributed by atoms with E-state index < -0.39 is 12.0 Å². The second-order valence-corrected chi connectivity index (χ2v) is 3.89. The van der Waals surface area contributed by atoms with Crippen molar-refractivity contribution >= 4 is 17.7 Å². The van der Waals surface area contributed by atoms with Crippen LogP contribution in [0.5, 0.6) is 0 Å². The van der Waals surface area contributed by atoms with Gasteiger partial charge in [-0.25, -0.2) is 4.79 Å². The average Bonchev–Trinajstić information content (AvgIpc) is 2.35. The molecule has 18 heavy (non-hydrogen) atoms. The van der Waals surface area contributed by atoms with Crippen LogP contribution in [0.1, 0.15) is 19.4 Å². The summed E-state index contributed by atoms with van der Waals surface area (Å²) in [6.45, 7) is 3.83. The van der Waals surface area contributed by atoms with Gasteiger partial charge in [-0.3, -0.25) is 4.79 Å². The Morgan fingerprint density at radius 1 is 1.33 bits per heavy atom. The number of hydrogen-bond acceptors (Lipinski definition) is 2. The Kier molecular flexibility index (Phi) is 5.17. The van der Waals surface area contributed by atoms with Gasteiger partial charge < -0.3 is 15.3 Å². The van der Waals surface area contributed by atoms with Crippen molar-refractivity contribution in [3.63, 3.8) is 0 Å². The monoisotopic (exact) mass is 250 g/mol. The van der Waals surface area contributed by atoms with Crippen molar-refractivity contribution in [3.8, 4) is 0 Å². The van der Waals surface area contributed by atoms with Crippen molar-refractivity contribution in [2.24, 2.45) is 0 Å². The molecule has 0 aliphatic heterocycles. The molecule has 0 radical (unpaired) electrons. The van der Waals surface area contributed by atoms with Gasteiger partial charge in [0.25, 0.3) is 0 Å². The third-order valence-electron chi connectivity index (χ3n) is 2.58. The first-order valence-corrected chi connectivity index (χ1v) is 5.93. The third-order valence-corrected chi connectivity index (χ3v) is 2.58. The Bertz CT molecular complexity index is 432. The summed E-state index contributed by atoms with van der Waals surface area (Å²) in [5.41, 5.74) is 1.80. The number of amides is 2. The molecule has 0 bridgehead atoms. The molecule has 1 aromatic rings. The van der Waals surface area contributed by atoms with Crippen LogP contribution in [-0.4, -0.2) is 35.1 Å². The quantitative estimate of drug-likeness (QED) is 0.841. The van der Waals surface area contributed by atoms with E-state index in [1.807, 2.05) is 25.1 Å². The number of carbonyl (C=O) groups is 2. The van der Waals surface area contributed by atoms with Gasteiger partial charge in [-0.2, -0.15) is 0 Å². The highest BCUT2D eigenvalue weighted by molar-refractivity contribution is 5.91. The number of carbonyl (C=O) groups excluding carboxylic acids is 1. The van der Waals surface area contributed by atoms with E-state index in [-0.39, 0.29) is 6.54 Å². The minimum absolute atomic E-state index is 0.296. The first kappa shape index (κ1) is 14.0. The molecular weight excluding hydrogens is 232 g/mol. The third kappa shape index (κ3) is 4.08. The molecule has 5 nitrogen and oxygen atoms in total. The zero-order chi connectivity index (χ0) is 13.5. The molecule has 0 fully saturated rings. The smallest absolute Gasteiger partial charge is 0.323 e. The van der Waals surface area contributed by atoms with Gasteiger partial charge in [-0.05, 0) is 31.0 Å². The lowest BCUT2D eigenvalue weighted by molar-refractivity contribution is -0.137. The molecule has 2 amide bonds. The number of benzene rings is 1. The van der Waals surface area contributed by atoms with Crippen LogP contribution in [0.15, 0.2) is 24.3 Å². The minimum Gasteiger partial charge on any atom is -0.480 e. The van der Waals surface area contributed by atoms with E-state index in [0.29, 0.717) is 12.2 Å². The number of carboxylic acids is 1. The molecule has 0 unspecified atom stereocenters. The normalized spacial score (nSPS) is 9.89. The predicted molar refractivity (Wildman–Crippen MR) is 69.7 cm³/mol. The summed E-state index contributed by atoms with van der Waals surface area (Å²) in [5.74, 6) is -1.02. The zero-order valence-electron chi connectivity index (χ0n) is 10.6. The highest BCUT2D eigenvalue weighted by Crippen LogP contribution is 2.11. The SMILES string of the molecule is CCc1cccc(NC(=O)N(CC)CC(=O)O)c1. The standard InChI is InChI=1S/C13H18N2O3/c1-3-10-6-5-7-11(8-10)14-13(18)15(4-2)9-12(16)17/h5-8H,3-4,9H2,1-2H3,(H,14,18)(H,16,17). The molecule has 0 heterocycles. The number of urea groups is 1. The summed E-state index contributed by atoms with van der Waals surface area (Å²) in [6.07, 6.45) is 0.885. The number of likely N-dealkylation sites (N-methyl/N-ethyl adjacent to an activating group) is 1. The van der Waals surface area contributed by atoms with Crippen LogP contribution in [0.25, 0.3) is 0 Å². The molecule has 0 saturated carbocycles. The van der Waals surface area contributed by atoms with Crippen LogP contribution in [0.4, 0.5) is 10.5 Å². The zero-order valence-corrected chi connectivity index (χ0v) is 10.6. The molecule has 0 aliphatic carbocycles. The number of rotatable bonds is 5. The van der Waals surface area contributed by atoms with Gasteiger partial charge in [0, 0.05) is 12.2 Å². The van der Waals surface area contributed by atoms with Crippen molar-refractivity contribution in [1.29, 1.82) is 0 Å². The van der Waals surface area contributed by atoms with E-state index in [4.69, 9.17) is 5.11 Å². The van der Waals surface area contributed by atoms with Crippen molar-refractivity contribution in [2.75, 3.05) is 18.4 Å². The van der Waals surface area contributed by atoms with E-state index in [9.17, 15) is 9.59 Å². The van der Waals surface area contributed by atoms with Gasteiger partial charge >= 0.3 is 12.0 Å². The lowest BCUT2D eigenvalue weighted by Gasteiger charge is -2.19. The lowest BCUT2D eigenvalue weighted by atomic mass is 10.1. The van der Waals surface area contributed by atoms with Crippen LogP contribution in [0.2, 0.25) is 0 Å². The van der Waals surface area contributed by atoms with Crippen molar-refractivity contribution in [3.05, 3.63) is 29.8 Å².